The predicted molar refractivity (Wildman–Crippen MR) is 107 cm³/mol. The highest BCUT2D eigenvalue weighted by Crippen LogP contribution is 2.40. The summed E-state index contributed by atoms with van der Waals surface area (Å²) in [6.07, 6.45) is 5.71. The first-order valence-corrected chi connectivity index (χ1v) is 10.2. The third kappa shape index (κ3) is 4.16. The number of likely N-dealkylation sites (tertiary alicyclic amines) is 1. The van der Waals surface area contributed by atoms with E-state index in [2.05, 4.69) is 25.4 Å². The van der Waals surface area contributed by atoms with Crippen LogP contribution in [0.1, 0.15) is 36.7 Å². The Labute approximate surface area is 174 Å². The van der Waals surface area contributed by atoms with Crippen LogP contribution in [0, 0.1) is 0 Å². The van der Waals surface area contributed by atoms with Crippen LogP contribution in [0.3, 0.4) is 0 Å². The molecule has 2 fully saturated rings. The number of pyridine rings is 1. The summed E-state index contributed by atoms with van der Waals surface area (Å²) in [4.78, 5) is 19.0. The molecule has 2 saturated heterocycles. The molecule has 2 aliphatic heterocycles. The number of nitrogens with zero attached hydrogens (tertiary/aromatic N) is 5. The van der Waals surface area contributed by atoms with Crippen molar-refractivity contribution in [2.75, 3.05) is 26.2 Å². The summed E-state index contributed by atoms with van der Waals surface area (Å²) in [5.41, 5.74) is -1.29. The van der Waals surface area contributed by atoms with E-state index in [-0.39, 0.29) is 17.4 Å². The second kappa shape index (κ2) is 8.29. The Morgan fingerprint density at radius 2 is 1.97 bits per heavy atom. The van der Waals surface area contributed by atoms with Crippen molar-refractivity contribution in [3.63, 3.8) is 0 Å². The summed E-state index contributed by atoms with van der Waals surface area (Å²) in [7, 11) is 0. The maximum atomic E-state index is 12.7. The fraction of sp³-hybridized carbons (Fsp3) is 0.600. The molecule has 0 radical (unpaired) electrons. The normalized spacial score (nSPS) is 26.5. The lowest BCUT2D eigenvalue weighted by atomic mass is 9.73. The maximum absolute atomic E-state index is 12.7. The molecule has 10 nitrogen and oxygen atoms in total. The number of amides is 1. The fourth-order valence-corrected chi connectivity index (χ4v) is 4.40. The Morgan fingerprint density at radius 3 is 2.63 bits per heavy atom. The van der Waals surface area contributed by atoms with Crippen molar-refractivity contribution in [3.8, 4) is 5.75 Å². The molecule has 162 valence electrons. The van der Waals surface area contributed by atoms with Crippen LogP contribution in [-0.2, 0) is 11.3 Å². The van der Waals surface area contributed by atoms with E-state index in [1.807, 2.05) is 11.5 Å². The molecule has 10 heteroatoms. The third-order valence-corrected chi connectivity index (χ3v) is 6.34. The van der Waals surface area contributed by atoms with Gasteiger partial charge in [0.15, 0.2) is 0 Å². The third-order valence-electron chi connectivity index (χ3n) is 6.34. The molecular formula is C20H28N6O4. The number of aromatic nitrogens is 4. The predicted octanol–water partition coefficient (Wildman–Crippen LogP) is 0.183. The quantitative estimate of drug-likeness (QED) is 0.630. The van der Waals surface area contributed by atoms with Crippen LogP contribution >= 0.6 is 0 Å². The molecule has 30 heavy (non-hydrogen) atoms. The number of carbonyl (C=O) groups excluding carboxylic acids is 1. The van der Waals surface area contributed by atoms with Crippen molar-refractivity contribution in [2.24, 2.45) is 0 Å². The van der Waals surface area contributed by atoms with Crippen LogP contribution in [0.25, 0.3) is 0 Å². The van der Waals surface area contributed by atoms with E-state index in [1.54, 1.807) is 12.7 Å². The fourth-order valence-electron chi connectivity index (χ4n) is 4.40. The van der Waals surface area contributed by atoms with Gasteiger partial charge in [-0.2, -0.15) is 0 Å². The number of hydrogen-bond acceptors (Lipinski definition) is 8. The Hall–Kier alpha value is -2.56. The van der Waals surface area contributed by atoms with Crippen LogP contribution in [-0.4, -0.2) is 84.3 Å². The number of carbonyl (C=O) groups is 1. The van der Waals surface area contributed by atoms with Gasteiger partial charge in [-0.1, -0.05) is 0 Å². The molecule has 0 bridgehead atoms. The molecule has 2 aromatic heterocycles. The van der Waals surface area contributed by atoms with Crippen LogP contribution in [0.4, 0.5) is 0 Å². The zero-order valence-electron chi connectivity index (χ0n) is 17.1. The number of nitrogens with one attached hydrogen (secondary N) is 1. The standard InChI is InChI=1S/C20H28N6O4/c1-19(24-17(28)16-3-2-15(27)12-21-16)6-11-30-20(18(19)29)4-7-25(8-5-20)9-10-26-13-22-23-14-26/h2-3,12-14,18,27,29H,4-11H2,1H3,(H,24,28)/t18-,19+/m0/s1. The topological polar surface area (TPSA) is 126 Å². The molecule has 4 heterocycles. The molecule has 2 atom stereocenters. The number of aliphatic hydroxyl groups is 1. The summed E-state index contributed by atoms with van der Waals surface area (Å²) in [6.45, 7) is 5.64. The molecule has 4 rings (SSSR count). The molecular weight excluding hydrogens is 388 g/mol. The van der Waals surface area contributed by atoms with Gasteiger partial charge in [-0.15, -0.1) is 10.2 Å². The van der Waals surface area contributed by atoms with Crippen molar-refractivity contribution in [3.05, 3.63) is 36.7 Å². The summed E-state index contributed by atoms with van der Waals surface area (Å²) >= 11 is 0. The first kappa shape index (κ1) is 20.7. The van der Waals surface area contributed by atoms with Gasteiger partial charge in [0.2, 0.25) is 0 Å². The van der Waals surface area contributed by atoms with Gasteiger partial charge in [-0.05, 0) is 38.3 Å². The SMILES string of the molecule is C[C@@]1(NC(=O)c2ccc(O)cn2)CCOC2(CCN(CCn3cnnc3)CC2)[C@H]1O. The van der Waals surface area contributed by atoms with Crippen LogP contribution < -0.4 is 5.32 Å². The van der Waals surface area contributed by atoms with E-state index in [4.69, 9.17) is 4.74 Å². The van der Waals surface area contributed by atoms with E-state index in [1.165, 1.54) is 18.3 Å². The van der Waals surface area contributed by atoms with Gasteiger partial charge in [0.25, 0.3) is 5.91 Å². The maximum Gasteiger partial charge on any atom is 0.270 e. The number of rotatable bonds is 5. The lowest BCUT2D eigenvalue weighted by Gasteiger charge is -2.53. The lowest BCUT2D eigenvalue weighted by molar-refractivity contribution is -0.205. The summed E-state index contributed by atoms with van der Waals surface area (Å²) in [5.74, 6) is -0.376. The van der Waals surface area contributed by atoms with E-state index >= 15 is 0 Å². The van der Waals surface area contributed by atoms with Gasteiger partial charge in [-0.3, -0.25) is 4.79 Å². The van der Waals surface area contributed by atoms with E-state index in [0.717, 1.165) is 26.2 Å². The zero-order chi connectivity index (χ0) is 21.2. The number of aromatic hydroxyl groups is 1. The average molecular weight is 416 g/mol. The zero-order valence-corrected chi connectivity index (χ0v) is 17.1. The van der Waals surface area contributed by atoms with Gasteiger partial charge in [-0.25, -0.2) is 4.98 Å². The highest BCUT2D eigenvalue weighted by atomic mass is 16.5. The van der Waals surface area contributed by atoms with Crippen LogP contribution in [0.15, 0.2) is 31.0 Å². The number of ether oxygens (including phenoxy) is 1. The summed E-state index contributed by atoms with van der Waals surface area (Å²) < 4.78 is 8.06. The van der Waals surface area contributed by atoms with Crippen molar-refractivity contribution in [1.82, 2.24) is 30.0 Å². The summed E-state index contributed by atoms with van der Waals surface area (Å²) in [5, 5.41) is 31.2. The average Bonchev–Trinajstić information content (AvgIpc) is 3.26. The van der Waals surface area contributed by atoms with E-state index in [9.17, 15) is 15.0 Å². The second-order valence-electron chi connectivity index (χ2n) is 8.38. The molecule has 3 N–H and O–H groups in total. The van der Waals surface area contributed by atoms with Crippen molar-refractivity contribution in [2.45, 2.75) is 50.0 Å². The van der Waals surface area contributed by atoms with Gasteiger partial charge in [0.1, 0.15) is 30.2 Å². The minimum absolute atomic E-state index is 0.00104. The van der Waals surface area contributed by atoms with E-state index in [0.29, 0.717) is 25.9 Å². The lowest BCUT2D eigenvalue weighted by Crippen LogP contribution is -2.69. The van der Waals surface area contributed by atoms with Gasteiger partial charge in [0.05, 0.1) is 17.3 Å². The number of aliphatic hydroxyl groups excluding tert-OH is 1. The molecule has 1 amide bonds. The summed E-state index contributed by atoms with van der Waals surface area (Å²) in [6, 6.07) is 2.88. The van der Waals surface area contributed by atoms with Gasteiger partial charge in [0, 0.05) is 32.8 Å². The van der Waals surface area contributed by atoms with Crippen molar-refractivity contribution >= 4 is 5.91 Å². The van der Waals surface area contributed by atoms with E-state index < -0.39 is 17.2 Å². The number of hydrogen-bond donors (Lipinski definition) is 3. The second-order valence-corrected chi connectivity index (χ2v) is 8.38. The number of piperidine rings is 1. The molecule has 0 saturated carbocycles. The van der Waals surface area contributed by atoms with Crippen LogP contribution in [0.5, 0.6) is 5.75 Å². The smallest absolute Gasteiger partial charge is 0.270 e. The highest BCUT2D eigenvalue weighted by molar-refractivity contribution is 5.92. The highest BCUT2D eigenvalue weighted by Gasteiger charge is 2.53. The van der Waals surface area contributed by atoms with Gasteiger partial charge >= 0.3 is 0 Å². The molecule has 0 aliphatic carbocycles. The van der Waals surface area contributed by atoms with Gasteiger partial charge < -0.3 is 29.7 Å². The minimum atomic E-state index is -0.834. The Bertz CT molecular complexity index is 851. The molecule has 0 aromatic carbocycles. The molecule has 2 aliphatic rings. The van der Waals surface area contributed by atoms with Crippen molar-refractivity contribution < 1.29 is 19.7 Å². The largest absolute Gasteiger partial charge is 0.506 e. The Kier molecular flexibility index (Phi) is 5.72. The molecule has 2 aromatic rings. The molecule has 1 spiro atoms. The Balaban J connectivity index is 1.38. The minimum Gasteiger partial charge on any atom is -0.506 e. The Morgan fingerprint density at radius 1 is 1.23 bits per heavy atom. The first-order valence-electron chi connectivity index (χ1n) is 10.2. The molecule has 0 unspecified atom stereocenters. The van der Waals surface area contributed by atoms with Crippen molar-refractivity contribution in [1.29, 1.82) is 0 Å². The first-order chi connectivity index (χ1) is 14.4. The van der Waals surface area contributed by atoms with Crippen LogP contribution in [0.2, 0.25) is 0 Å². The monoisotopic (exact) mass is 416 g/mol.